The lowest BCUT2D eigenvalue weighted by atomic mass is 10.0. The first-order valence-corrected chi connectivity index (χ1v) is 13.4. The molecular weight excluding hydrogens is 506 g/mol. The van der Waals surface area contributed by atoms with Gasteiger partial charge in [-0.1, -0.05) is 103 Å². The maximum Gasteiger partial charge on any atom is 0.182 e. The summed E-state index contributed by atoms with van der Waals surface area (Å²) in [6.45, 7) is 0. The Morgan fingerprint density at radius 3 is 1.93 bits per heavy atom. The molecule has 0 radical (unpaired) electrons. The van der Waals surface area contributed by atoms with Crippen LogP contribution in [-0.2, 0) is 0 Å². The summed E-state index contributed by atoms with van der Waals surface area (Å²) in [5, 5.41) is 3.07. The van der Waals surface area contributed by atoms with Crippen LogP contribution in [0.25, 0.3) is 78.4 Å². The third-order valence-corrected chi connectivity index (χ3v) is 7.20. The van der Waals surface area contributed by atoms with Gasteiger partial charge in [-0.05, 0) is 18.2 Å². The number of hydrogen-bond acceptors (Lipinski definition) is 6. The van der Waals surface area contributed by atoms with Crippen LogP contribution in [-0.4, -0.2) is 24.9 Å². The molecule has 0 saturated heterocycles. The van der Waals surface area contributed by atoms with Crippen molar-refractivity contribution in [3.63, 3.8) is 0 Å². The standard InChI is InChI=1S/C35H21N5O/c1-3-10-23(11-4-1)33-38-34(24-12-5-2-6-13-24)40-35(39-33)28-19-18-22-14-9-16-27(30(22)37-28)31-32-26(20-21-36-31)25-15-7-8-17-29(25)41-32/h1-21H. The zero-order valence-corrected chi connectivity index (χ0v) is 21.8. The van der Waals surface area contributed by atoms with Crippen molar-refractivity contribution in [1.29, 1.82) is 0 Å². The molecule has 0 spiro atoms. The van der Waals surface area contributed by atoms with E-state index in [9.17, 15) is 0 Å². The van der Waals surface area contributed by atoms with Gasteiger partial charge in [0.2, 0.25) is 0 Å². The summed E-state index contributed by atoms with van der Waals surface area (Å²) in [6.07, 6.45) is 1.83. The van der Waals surface area contributed by atoms with Gasteiger partial charge < -0.3 is 4.42 Å². The summed E-state index contributed by atoms with van der Waals surface area (Å²) < 4.78 is 6.31. The second-order valence-electron chi connectivity index (χ2n) is 9.75. The lowest BCUT2D eigenvalue weighted by Crippen LogP contribution is -2.01. The molecule has 8 rings (SSSR count). The molecule has 6 heteroatoms. The SMILES string of the molecule is c1ccc(-c2nc(-c3ccccc3)nc(-c3ccc4cccc(-c5nccc6c5oc5ccccc56)c4n3)n2)cc1. The minimum absolute atomic E-state index is 0.504. The molecule has 6 nitrogen and oxygen atoms in total. The second-order valence-corrected chi connectivity index (χ2v) is 9.75. The number of nitrogens with zero attached hydrogens (tertiary/aromatic N) is 5. The Kier molecular flexibility index (Phi) is 5.35. The van der Waals surface area contributed by atoms with Crippen molar-refractivity contribution in [3.8, 4) is 45.6 Å². The average Bonchev–Trinajstić information content (AvgIpc) is 3.44. The minimum Gasteiger partial charge on any atom is -0.454 e. The van der Waals surface area contributed by atoms with Crippen molar-refractivity contribution in [2.45, 2.75) is 0 Å². The summed E-state index contributed by atoms with van der Waals surface area (Å²) in [6, 6.07) is 40.0. The van der Waals surface area contributed by atoms with Crippen molar-refractivity contribution < 1.29 is 4.42 Å². The van der Waals surface area contributed by atoms with Crippen LogP contribution in [0, 0.1) is 0 Å². The van der Waals surface area contributed by atoms with Crippen LogP contribution in [0.4, 0.5) is 0 Å². The third kappa shape index (κ3) is 4.01. The quantitative estimate of drug-likeness (QED) is 0.229. The van der Waals surface area contributed by atoms with E-state index in [1.54, 1.807) is 0 Å². The van der Waals surface area contributed by atoms with Crippen molar-refractivity contribution in [2.75, 3.05) is 0 Å². The summed E-state index contributed by atoms with van der Waals surface area (Å²) in [4.78, 5) is 24.4. The van der Waals surface area contributed by atoms with E-state index in [1.165, 1.54) is 0 Å². The number of furan rings is 1. The van der Waals surface area contributed by atoms with Gasteiger partial charge in [-0.3, -0.25) is 4.98 Å². The van der Waals surface area contributed by atoms with Crippen molar-refractivity contribution in [1.82, 2.24) is 24.9 Å². The normalized spacial score (nSPS) is 11.4. The molecule has 0 aliphatic heterocycles. The molecule has 0 aliphatic carbocycles. The fourth-order valence-corrected chi connectivity index (χ4v) is 5.23. The molecule has 4 aromatic carbocycles. The van der Waals surface area contributed by atoms with Gasteiger partial charge in [-0.25, -0.2) is 19.9 Å². The Bertz CT molecular complexity index is 2150. The van der Waals surface area contributed by atoms with E-state index in [1.807, 2.05) is 121 Å². The van der Waals surface area contributed by atoms with Crippen LogP contribution in [0.5, 0.6) is 0 Å². The Hall–Kier alpha value is -5.75. The average molecular weight is 528 g/mol. The van der Waals surface area contributed by atoms with Crippen LogP contribution in [0.15, 0.2) is 132 Å². The maximum atomic E-state index is 6.31. The Morgan fingerprint density at radius 1 is 0.488 bits per heavy atom. The Morgan fingerprint density at radius 2 is 1.17 bits per heavy atom. The van der Waals surface area contributed by atoms with Crippen molar-refractivity contribution in [3.05, 3.63) is 128 Å². The zero-order chi connectivity index (χ0) is 27.2. The summed E-state index contributed by atoms with van der Waals surface area (Å²) in [5.41, 5.74) is 6.48. The maximum absolute atomic E-state index is 6.31. The molecule has 4 heterocycles. The van der Waals surface area contributed by atoms with E-state index < -0.39 is 0 Å². The van der Waals surface area contributed by atoms with E-state index in [-0.39, 0.29) is 0 Å². The van der Waals surface area contributed by atoms with Crippen molar-refractivity contribution >= 4 is 32.8 Å². The third-order valence-electron chi connectivity index (χ3n) is 7.20. The van der Waals surface area contributed by atoms with Gasteiger partial charge in [-0.15, -0.1) is 0 Å². The minimum atomic E-state index is 0.504. The predicted molar refractivity (Wildman–Crippen MR) is 162 cm³/mol. The molecule has 0 amide bonds. The number of fused-ring (bicyclic) bond motifs is 4. The van der Waals surface area contributed by atoms with Crippen LogP contribution in [0.2, 0.25) is 0 Å². The second kappa shape index (κ2) is 9.47. The Balaban J connectivity index is 1.34. The van der Waals surface area contributed by atoms with Gasteiger partial charge >= 0.3 is 0 Å². The van der Waals surface area contributed by atoms with Gasteiger partial charge in [0.1, 0.15) is 17.0 Å². The Labute approximate surface area is 235 Å². The highest BCUT2D eigenvalue weighted by Gasteiger charge is 2.18. The molecule has 0 atom stereocenters. The first-order chi connectivity index (χ1) is 20.3. The molecule has 4 aromatic heterocycles. The molecule has 0 fully saturated rings. The molecule has 8 aromatic rings. The van der Waals surface area contributed by atoms with Crippen LogP contribution in [0.1, 0.15) is 0 Å². The molecule has 41 heavy (non-hydrogen) atoms. The molecule has 192 valence electrons. The highest BCUT2D eigenvalue weighted by Crippen LogP contribution is 2.37. The number of benzene rings is 4. The number of rotatable bonds is 4. The number of hydrogen-bond donors (Lipinski definition) is 0. The van der Waals surface area contributed by atoms with E-state index >= 15 is 0 Å². The molecule has 0 unspecified atom stereocenters. The monoisotopic (exact) mass is 527 g/mol. The smallest absolute Gasteiger partial charge is 0.182 e. The predicted octanol–water partition coefficient (Wildman–Crippen LogP) is 8.38. The molecule has 0 saturated carbocycles. The number of para-hydroxylation sites is 2. The van der Waals surface area contributed by atoms with Crippen LogP contribution in [0.3, 0.4) is 0 Å². The van der Waals surface area contributed by atoms with Gasteiger partial charge in [-0.2, -0.15) is 0 Å². The molecular formula is C35H21N5O. The number of pyridine rings is 2. The molecule has 0 N–H and O–H groups in total. The first kappa shape index (κ1) is 23.2. The highest BCUT2D eigenvalue weighted by atomic mass is 16.3. The molecule has 0 bridgehead atoms. The summed E-state index contributed by atoms with van der Waals surface area (Å²) in [5.74, 6) is 1.70. The summed E-state index contributed by atoms with van der Waals surface area (Å²) >= 11 is 0. The van der Waals surface area contributed by atoms with Crippen LogP contribution < -0.4 is 0 Å². The van der Waals surface area contributed by atoms with Gasteiger partial charge in [0, 0.05) is 39.0 Å². The first-order valence-electron chi connectivity index (χ1n) is 13.4. The highest BCUT2D eigenvalue weighted by molar-refractivity contribution is 6.10. The zero-order valence-electron chi connectivity index (χ0n) is 21.8. The molecule has 0 aliphatic rings. The van der Waals surface area contributed by atoms with E-state index in [0.29, 0.717) is 23.2 Å². The lowest BCUT2D eigenvalue weighted by Gasteiger charge is -2.10. The largest absolute Gasteiger partial charge is 0.454 e. The topological polar surface area (TPSA) is 77.6 Å². The van der Waals surface area contributed by atoms with E-state index in [4.69, 9.17) is 29.3 Å². The van der Waals surface area contributed by atoms with Gasteiger partial charge in [0.25, 0.3) is 0 Å². The van der Waals surface area contributed by atoms with Crippen LogP contribution >= 0.6 is 0 Å². The fourth-order valence-electron chi connectivity index (χ4n) is 5.23. The number of aromatic nitrogens is 5. The van der Waals surface area contributed by atoms with E-state index in [2.05, 4.69) is 6.07 Å². The fraction of sp³-hybridized carbons (Fsp3) is 0. The van der Waals surface area contributed by atoms with Gasteiger partial charge in [0.05, 0.1) is 5.52 Å². The van der Waals surface area contributed by atoms with E-state index in [0.717, 1.165) is 55.2 Å². The van der Waals surface area contributed by atoms with Crippen molar-refractivity contribution in [2.24, 2.45) is 0 Å². The summed E-state index contributed by atoms with van der Waals surface area (Å²) in [7, 11) is 0. The lowest BCUT2D eigenvalue weighted by molar-refractivity contribution is 0.668. The van der Waals surface area contributed by atoms with Gasteiger partial charge in [0.15, 0.2) is 23.1 Å².